The molecule has 0 amide bonds. The van der Waals surface area contributed by atoms with Crippen LogP contribution in [-0.4, -0.2) is 24.3 Å². The second-order valence-electron chi connectivity index (χ2n) is 2.05. The molecule has 0 bridgehead atoms. The summed E-state index contributed by atoms with van der Waals surface area (Å²) in [5.41, 5.74) is 0. The van der Waals surface area contributed by atoms with Crippen molar-refractivity contribution in [2.75, 3.05) is 13.2 Å². The lowest BCUT2D eigenvalue weighted by atomic mass is 10.3. The molecule has 0 unspecified atom stereocenters. The van der Waals surface area contributed by atoms with E-state index in [-0.39, 0.29) is 0 Å². The van der Waals surface area contributed by atoms with Crippen molar-refractivity contribution in [3.8, 4) is 0 Å². The number of esters is 1. The Morgan fingerprint density at radius 2 is 2.27 bits per heavy atom. The van der Waals surface area contributed by atoms with Gasteiger partial charge in [-0.05, 0) is 12.8 Å². The van der Waals surface area contributed by atoms with E-state index < -0.39 is 12.6 Å². The third kappa shape index (κ3) is 7.06. The summed E-state index contributed by atoms with van der Waals surface area (Å²) >= 11 is 0. The highest BCUT2D eigenvalue weighted by atomic mass is 16.5. The number of carbonyl (C=O) groups excluding carboxylic acids is 1. The number of rotatable bonds is 5. The van der Waals surface area contributed by atoms with Crippen LogP contribution in [0.25, 0.3) is 0 Å². The molecule has 0 aromatic heterocycles. The minimum absolute atomic E-state index is 0.357. The number of hydrogen-bond donors (Lipinski definition) is 1. The average molecular weight is 158 g/mol. The van der Waals surface area contributed by atoms with Crippen molar-refractivity contribution in [1.29, 1.82) is 0 Å². The van der Waals surface area contributed by atoms with Crippen molar-refractivity contribution in [1.82, 2.24) is 0 Å². The number of allylic oxidation sites excluding steroid dienone is 1. The monoisotopic (exact) mass is 158 g/mol. The predicted molar refractivity (Wildman–Crippen MR) is 42.1 cm³/mol. The second-order valence-corrected chi connectivity index (χ2v) is 2.05. The van der Waals surface area contributed by atoms with Gasteiger partial charge in [0, 0.05) is 0 Å². The first-order valence-corrected chi connectivity index (χ1v) is 3.72. The highest BCUT2D eigenvalue weighted by Gasteiger charge is 1.95. The fourth-order valence-corrected chi connectivity index (χ4v) is 0.571. The van der Waals surface area contributed by atoms with Gasteiger partial charge in [0.25, 0.3) is 0 Å². The molecule has 0 aromatic rings. The summed E-state index contributed by atoms with van der Waals surface area (Å²) in [5.74, 6) is -0.560. The van der Waals surface area contributed by atoms with Crippen molar-refractivity contribution in [3.05, 3.63) is 12.2 Å². The van der Waals surface area contributed by atoms with Gasteiger partial charge in [-0.15, -0.1) is 0 Å². The van der Waals surface area contributed by atoms with E-state index in [4.69, 9.17) is 5.11 Å². The first kappa shape index (κ1) is 10.2. The molecular formula is C8H14O3. The van der Waals surface area contributed by atoms with E-state index in [0.29, 0.717) is 6.61 Å². The largest absolute Gasteiger partial charge is 0.464 e. The SMILES string of the molecule is CCC=CCCOC(=O)CO. The Balaban J connectivity index is 3.14. The number of aliphatic hydroxyl groups excluding tert-OH is 1. The summed E-state index contributed by atoms with van der Waals surface area (Å²) in [6.45, 7) is 1.86. The zero-order chi connectivity index (χ0) is 8.53. The molecule has 0 aromatic carbocycles. The lowest BCUT2D eigenvalue weighted by Crippen LogP contribution is -2.09. The van der Waals surface area contributed by atoms with Crippen LogP contribution >= 0.6 is 0 Å². The molecule has 0 heterocycles. The third-order valence-corrected chi connectivity index (χ3v) is 1.08. The standard InChI is InChI=1S/C8H14O3/c1-2-3-4-5-6-11-8(10)7-9/h3-4,9H,2,5-7H2,1H3. The molecule has 0 spiro atoms. The Morgan fingerprint density at radius 3 is 2.82 bits per heavy atom. The van der Waals surface area contributed by atoms with Crippen LogP contribution in [0.4, 0.5) is 0 Å². The fourth-order valence-electron chi connectivity index (χ4n) is 0.571. The summed E-state index contributed by atoms with van der Waals surface area (Å²) in [5, 5.41) is 8.24. The molecule has 0 saturated heterocycles. The molecule has 3 heteroatoms. The maximum absolute atomic E-state index is 10.3. The first-order valence-electron chi connectivity index (χ1n) is 3.72. The fraction of sp³-hybridized carbons (Fsp3) is 0.625. The Hall–Kier alpha value is -0.830. The quantitative estimate of drug-likeness (QED) is 0.367. The van der Waals surface area contributed by atoms with E-state index >= 15 is 0 Å². The summed E-state index contributed by atoms with van der Waals surface area (Å²) in [6, 6.07) is 0. The van der Waals surface area contributed by atoms with Crippen LogP contribution in [0.5, 0.6) is 0 Å². The molecule has 1 N–H and O–H groups in total. The van der Waals surface area contributed by atoms with Crippen molar-refractivity contribution in [2.24, 2.45) is 0 Å². The zero-order valence-electron chi connectivity index (χ0n) is 6.75. The predicted octanol–water partition coefficient (Wildman–Crippen LogP) is 0.878. The lowest BCUT2D eigenvalue weighted by Gasteiger charge is -1.98. The molecule has 64 valence electrons. The molecular weight excluding hydrogens is 144 g/mol. The van der Waals surface area contributed by atoms with Crippen LogP contribution in [0, 0.1) is 0 Å². The molecule has 0 saturated carbocycles. The Bertz CT molecular complexity index is 129. The van der Waals surface area contributed by atoms with Gasteiger partial charge in [0.1, 0.15) is 6.61 Å². The number of carbonyl (C=O) groups is 1. The maximum Gasteiger partial charge on any atom is 0.331 e. The molecule has 0 atom stereocenters. The Kier molecular flexibility index (Phi) is 6.73. The van der Waals surface area contributed by atoms with E-state index in [2.05, 4.69) is 4.74 Å². The molecule has 0 radical (unpaired) electrons. The summed E-state index contributed by atoms with van der Waals surface area (Å²) in [4.78, 5) is 10.3. The topological polar surface area (TPSA) is 46.5 Å². The summed E-state index contributed by atoms with van der Waals surface area (Å²) in [7, 11) is 0. The van der Waals surface area contributed by atoms with Crippen molar-refractivity contribution < 1.29 is 14.6 Å². The third-order valence-electron chi connectivity index (χ3n) is 1.08. The molecule has 3 nitrogen and oxygen atoms in total. The maximum atomic E-state index is 10.3. The van der Waals surface area contributed by atoms with Crippen LogP contribution in [0.3, 0.4) is 0 Å². The van der Waals surface area contributed by atoms with Crippen molar-refractivity contribution in [3.63, 3.8) is 0 Å². The van der Waals surface area contributed by atoms with Crippen LogP contribution in [0.2, 0.25) is 0 Å². The van der Waals surface area contributed by atoms with Gasteiger partial charge < -0.3 is 9.84 Å². The number of aliphatic hydroxyl groups is 1. The van der Waals surface area contributed by atoms with Gasteiger partial charge in [0.15, 0.2) is 0 Å². The molecule has 0 aliphatic heterocycles. The molecule has 0 aliphatic carbocycles. The van der Waals surface area contributed by atoms with Crippen LogP contribution in [0.1, 0.15) is 19.8 Å². The van der Waals surface area contributed by atoms with Crippen LogP contribution in [0.15, 0.2) is 12.2 Å². The minimum atomic E-state index is -0.560. The highest BCUT2D eigenvalue weighted by Crippen LogP contribution is 1.87. The lowest BCUT2D eigenvalue weighted by molar-refractivity contribution is -0.146. The van der Waals surface area contributed by atoms with E-state index in [0.717, 1.165) is 12.8 Å². The van der Waals surface area contributed by atoms with Gasteiger partial charge in [-0.1, -0.05) is 19.1 Å². The normalized spacial score (nSPS) is 10.4. The Morgan fingerprint density at radius 1 is 1.55 bits per heavy atom. The van der Waals surface area contributed by atoms with Gasteiger partial charge in [-0.25, -0.2) is 4.79 Å². The van der Waals surface area contributed by atoms with Gasteiger partial charge in [-0.2, -0.15) is 0 Å². The van der Waals surface area contributed by atoms with E-state index in [1.54, 1.807) is 0 Å². The molecule has 0 fully saturated rings. The second kappa shape index (κ2) is 7.28. The van der Waals surface area contributed by atoms with E-state index in [1.807, 2.05) is 19.1 Å². The number of ether oxygens (including phenoxy) is 1. The molecule has 0 aliphatic rings. The van der Waals surface area contributed by atoms with Gasteiger partial charge in [-0.3, -0.25) is 0 Å². The smallest absolute Gasteiger partial charge is 0.331 e. The molecule has 11 heavy (non-hydrogen) atoms. The van der Waals surface area contributed by atoms with Crippen molar-refractivity contribution >= 4 is 5.97 Å². The minimum Gasteiger partial charge on any atom is -0.464 e. The van der Waals surface area contributed by atoms with Crippen molar-refractivity contribution in [2.45, 2.75) is 19.8 Å². The van der Waals surface area contributed by atoms with E-state index in [9.17, 15) is 4.79 Å². The summed E-state index contributed by atoms with van der Waals surface area (Å²) < 4.78 is 4.60. The van der Waals surface area contributed by atoms with Crippen LogP contribution < -0.4 is 0 Å². The highest BCUT2D eigenvalue weighted by molar-refractivity contribution is 5.70. The Labute approximate surface area is 66.7 Å². The summed E-state index contributed by atoms with van der Waals surface area (Å²) in [6.07, 6.45) is 5.67. The number of hydrogen-bond acceptors (Lipinski definition) is 3. The van der Waals surface area contributed by atoms with Crippen LogP contribution in [-0.2, 0) is 9.53 Å². The zero-order valence-corrected chi connectivity index (χ0v) is 6.75. The van der Waals surface area contributed by atoms with E-state index in [1.165, 1.54) is 0 Å². The van der Waals surface area contributed by atoms with Gasteiger partial charge in [0.2, 0.25) is 0 Å². The average Bonchev–Trinajstić information content (AvgIpc) is 2.04. The first-order chi connectivity index (χ1) is 5.31. The van der Waals surface area contributed by atoms with Gasteiger partial charge >= 0.3 is 5.97 Å². The van der Waals surface area contributed by atoms with Gasteiger partial charge in [0.05, 0.1) is 6.61 Å². The molecule has 0 rings (SSSR count).